The number of nitriles is 1. The number of phenolic OH excluding ortho intramolecular Hbond substituents is 1. The summed E-state index contributed by atoms with van der Waals surface area (Å²) in [4.78, 5) is 0. The number of hydrogen-bond donors (Lipinski definition) is 3. The minimum absolute atomic E-state index is 0. The lowest BCUT2D eigenvalue weighted by molar-refractivity contribution is 0.274. The van der Waals surface area contributed by atoms with Crippen LogP contribution in [0.15, 0.2) is 12.1 Å². The Hall–Kier alpha value is -1.48. The summed E-state index contributed by atoms with van der Waals surface area (Å²) < 4.78 is 4.94. The van der Waals surface area contributed by atoms with Crippen LogP contribution >= 0.6 is 12.4 Å². The van der Waals surface area contributed by atoms with Crippen molar-refractivity contribution in [3.05, 3.63) is 23.3 Å². The van der Waals surface area contributed by atoms with Gasteiger partial charge in [-0.15, -0.1) is 12.4 Å². The van der Waals surface area contributed by atoms with Gasteiger partial charge >= 0.3 is 0 Å². The van der Waals surface area contributed by atoms with Crippen molar-refractivity contribution in [1.29, 1.82) is 5.26 Å². The van der Waals surface area contributed by atoms with Crippen molar-refractivity contribution >= 4 is 12.4 Å². The average molecular weight is 259 g/mol. The molecule has 6 heteroatoms. The molecule has 0 unspecified atom stereocenters. The zero-order valence-corrected chi connectivity index (χ0v) is 10.2. The number of ether oxygens (including phenoxy) is 1. The van der Waals surface area contributed by atoms with E-state index < -0.39 is 6.04 Å². The average Bonchev–Trinajstić information content (AvgIpc) is 2.28. The van der Waals surface area contributed by atoms with Crippen LogP contribution in [0.4, 0.5) is 0 Å². The predicted octanol–water partition coefficient (Wildman–Crippen LogP) is 1.08. The van der Waals surface area contributed by atoms with Crippen molar-refractivity contribution in [2.75, 3.05) is 13.7 Å². The summed E-state index contributed by atoms with van der Waals surface area (Å²) in [6.45, 7) is -0.108. The molecule has 0 saturated carbocycles. The van der Waals surface area contributed by atoms with Gasteiger partial charge in [0.05, 0.1) is 18.7 Å². The number of nitrogens with zero attached hydrogens (tertiary/aromatic N) is 1. The molecule has 17 heavy (non-hydrogen) atoms. The van der Waals surface area contributed by atoms with Crippen LogP contribution in [0.3, 0.4) is 0 Å². The first kappa shape index (κ1) is 15.5. The number of aliphatic hydroxyl groups excluding tert-OH is 1. The fraction of sp³-hybridized carbons (Fsp3) is 0.364. The molecule has 1 aromatic carbocycles. The van der Waals surface area contributed by atoms with E-state index in [1.165, 1.54) is 19.2 Å². The molecule has 0 aliphatic rings. The number of halogens is 1. The molecule has 1 aromatic rings. The zero-order chi connectivity index (χ0) is 12.1. The van der Waals surface area contributed by atoms with Gasteiger partial charge in [-0.3, -0.25) is 0 Å². The lowest BCUT2D eigenvalue weighted by atomic mass is 9.98. The monoisotopic (exact) mass is 258 g/mol. The number of phenols is 1. The van der Waals surface area contributed by atoms with Crippen molar-refractivity contribution in [2.45, 2.75) is 12.5 Å². The summed E-state index contributed by atoms with van der Waals surface area (Å²) in [5, 5.41) is 27.6. The molecule has 4 N–H and O–H groups in total. The number of aromatic hydroxyl groups is 1. The van der Waals surface area contributed by atoms with Crippen LogP contribution in [0.2, 0.25) is 0 Å². The van der Waals surface area contributed by atoms with Crippen molar-refractivity contribution in [1.82, 2.24) is 0 Å². The molecule has 94 valence electrons. The molecule has 5 nitrogen and oxygen atoms in total. The Morgan fingerprint density at radius 1 is 1.53 bits per heavy atom. The highest BCUT2D eigenvalue weighted by Crippen LogP contribution is 2.36. The third kappa shape index (κ3) is 3.24. The predicted molar refractivity (Wildman–Crippen MR) is 65.3 cm³/mol. The quantitative estimate of drug-likeness (QED) is 0.750. The van der Waals surface area contributed by atoms with Gasteiger partial charge in [-0.25, -0.2) is 0 Å². The lowest BCUT2D eigenvalue weighted by Crippen LogP contribution is -2.14. The van der Waals surface area contributed by atoms with Crippen LogP contribution in [0.5, 0.6) is 11.5 Å². The molecule has 0 heterocycles. The smallest absolute Gasteiger partial charge is 0.163 e. The van der Waals surface area contributed by atoms with Crippen LogP contribution < -0.4 is 10.5 Å². The largest absolute Gasteiger partial charge is 0.504 e. The molecule has 1 atom stereocenters. The van der Waals surface area contributed by atoms with Gasteiger partial charge in [0.1, 0.15) is 0 Å². The highest BCUT2D eigenvalue weighted by Gasteiger charge is 2.18. The van der Waals surface area contributed by atoms with Gasteiger partial charge in [-0.1, -0.05) is 0 Å². The molecule has 0 radical (unpaired) electrons. The molecule has 0 saturated heterocycles. The van der Waals surface area contributed by atoms with Crippen LogP contribution in [0.25, 0.3) is 0 Å². The van der Waals surface area contributed by atoms with E-state index >= 15 is 0 Å². The number of hydrogen-bond acceptors (Lipinski definition) is 5. The fourth-order valence-corrected chi connectivity index (χ4v) is 1.51. The topological polar surface area (TPSA) is 99.5 Å². The molecule has 0 spiro atoms. The minimum Gasteiger partial charge on any atom is -0.504 e. The van der Waals surface area contributed by atoms with E-state index in [2.05, 4.69) is 0 Å². The Balaban J connectivity index is 0.00000256. The number of rotatable bonds is 4. The molecule has 0 aromatic heterocycles. The highest BCUT2D eigenvalue weighted by molar-refractivity contribution is 5.85. The minimum atomic E-state index is -0.588. The standard InChI is InChI=1S/C11H14N2O3.ClH/c1-16-9-3-2-7(6-12)10(11(9)15)8(13)4-5-14;/h2-3,8,14-15H,4-5,13H2,1H3;1H/t8-;/m1./s1. The molecule has 0 aliphatic carbocycles. The first-order chi connectivity index (χ1) is 7.65. The Labute approximate surface area is 106 Å². The Morgan fingerprint density at radius 2 is 2.18 bits per heavy atom. The summed E-state index contributed by atoms with van der Waals surface area (Å²) >= 11 is 0. The number of nitrogens with two attached hydrogens (primary N) is 1. The van der Waals surface area contributed by atoms with Gasteiger partial charge in [0.25, 0.3) is 0 Å². The molecular formula is C11H15ClN2O3. The van der Waals surface area contributed by atoms with E-state index in [9.17, 15) is 5.11 Å². The van der Waals surface area contributed by atoms with E-state index in [0.717, 1.165) is 0 Å². The molecule has 0 aliphatic heterocycles. The van der Waals surface area contributed by atoms with Gasteiger partial charge in [-0.05, 0) is 18.6 Å². The number of aliphatic hydroxyl groups is 1. The van der Waals surface area contributed by atoms with E-state index in [1.807, 2.05) is 6.07 Å². The Morgan fingerprint density at radius 3 is 2.65 bits per heavy atom. The van der Waals surface area contributed by atoms with Crippen LogP contribution in [0.1, 0.15) is 23.6 Å². The van der Waals surface area contributed by atoms with Crippen LogP contribution in [-0.2, 0) is 0 Å². The summed E-state index contributed by atoms with van der Waals surface area (Å²) in [7, 11) is 1.42. The van der Waals surface area contributed by atoms with E-state index in [4.69, 9.17) is 20.8 Å². The first-order valence-corrected chi connectivity index (χ1v) is 4.82. The SMILES string of the molecule is COc1ccc(C#N)c([C@H](N)CCO)c1O.Cl. The van der Waals surface area contributed by atoms with E-state index in [-0.39, 0.29) is 36.9 Å². The van der Waals surface area contributed by atoms with Crippen molar-refractivity contribution < 1.29 is 14.9 Å². The summed E-state index contributed by atoms with van der Waals surface area (Å²) in [6.07, 6.45) is 0.273. The Kier molecular flexibility index (Phi) is 6.36. The molecular weight excluding hydrogens is 244 g/mol. The first-order valence-electron chi connectivity index (χ1n) is 4.82. The summed E-state index contributed by atoms with van der Waals surface area (Å²) in [6, 6.07) is 4.40. The highest BCUT2D eigenvalue weighted by atomic mass is 35.5. The molecule has 0 fully saturated rings. The van der Waals surface area contributed by atoms with E-state index in [0.29, 0.717) is 11.1 Å². The van der Waals surface area contributed by atoms with Crippen molar-refractivity contribution in [2.24, 2.45) is 5.73 Å². The fourth-order valence-electron chi connectivity index (χ4n) is 1.51. The maximum absolute atomic E-state index is 9.86. The normalized spacial score (nSPS) is 11.2. The second kappa shape index (κ2) is 6.97. The maximum Gasteiger partial charge on any atom is 0.163 e. The molecule has 1 rings (SSSR count). The van der Waals surface area contributed by atoms with Crippen molar-refractivity contribution in [3.8, 4) is 17.6 Å². The Bertz CT molecular complexity index is 418. The zero-order valence-electron chi connectivity index (χ0n) is 9.38. The second-order valence-electron chi connectivity index (χ2n) is 3.31. The maximum atomic E-state index is 9.86. The number of benzene rings is 1. The number of methoxy groups -OCH3 is 1. The van der Waals surface area contributed by atoms with Crippen LogP contribution in [0, 0.1) is 11.3 Å². The lowest BCUT2D eigenvalue weighted by Gasteiger charge is -2.15. The third-order valence-corrected chi connectivity index (χ3v) is 2.33. The van der Waals surface area contributed by atoms with E-state index in [1.54, 1.807) is 0 Å². The molecule has 0 bridgehead atoms. The summed E-state index contributed by atoms with van der Waals surface area (Å²) in [5.41, 5.74) is 6.39. The second-order valence-corrected chi connectivity index (χ2v) is 3.31. The van der Waals surface area contributed by atoms with Crippen molar-refractivity contribution in [3.63, 3.8) is 0 Å². The third-order valence-electron chi connectivity index (χ3n) is 2.33. The van der Waals surface area contributed by atoms with Gasteiger partial charge in [0.2, 0.25) is 0 Å². The van der Waals surface area contributed by atoms with Gasteiger partial charge in [0, 0.05) is 18.2 Å². The van der Waals surface area contributed by atoms with Gasteiger partial charge < -0.3 is 20.7 Å². The van der Waals surface area contributed by atoms with Gasteiger partial charge in [0.15, 0.2) is 11.5 Å². The summed E-state index contributed by atoms with van der Waals surface area (Å²) in [5.74, 6) is 0.130. The molecule has 0 amide bonds. The van der Waals surface area contributed by atoms with Crippen LogP contribution in [-0.4, -0.2) is 23.9 Å². The van der Waals surface area contributed by atoms with Gasteiger partial charge in [-0.2, -0.15) is 5.26 Å².